The first-order valence-corrected chi connectivity index (χ1v) is 5.51. The number of nitrogens with zero attached hydrogens (tertiary/aromatic N) is 2. The average molecular weight is 248 g/mol. The Morgan fingerprint density at radius 1 is 1.44 bits per heavy atom. The van der Waals surface area contributed by atoms with Crippen LogP contribution in [0.4, 0.5) is 5.69 Å². The fourth-order valence-electron chi connectivity index (χ4n) is 1.87. The number of aliphatic imine (C=N–C) groups is 1. The van der Waals surface area contributed by atoms with Crippen LogP contribution in [0.2, 0.25) is 0 Å². The molecule has 1 atom stereocenters. The van der Waals surface area contributed by atoms with Crippen LogP contribution in [0.25, 0.3) is 0 Å². The van der Waals surface area contributed by atoms with Crippen molar-refractivity contribution in [3.8, 4) is 0 Å². The first kappa shape index (κ1) is 12.2. The van der Waals surface area contributed by atoms with Crippen LogP contribution in [0, 0.1) is 10.1 Å². The van der Waals surface area contributed by atoms with Gasteiger partial charge >= 0.3 is 5.97 Å². The molecule has 0 fully saturated rings. The maximum Gasteiger partial charge on any atom is 0.344 e. The second-order valence-electron chi connectivity index (χ2n) is 3.93. The first-order chi connectivity index (χ1) is 8.52. The van der Waals surface area contributed by atoms with E-state index in [1.807, 2.05) is 0 Å². The van der Waals surface area contributed by atoms with Gasteiger partial charge in [-0.05, 0) is 31.5 Å². The van der Waals surface area contributed by atoms with Crippen LogP contribution in [0.5, 0.6) is 0 Å². The predicted molar refractivity (Wildman–Crippen MR) is 64.5 cm³/mol. The third-order valence-electron chi connectivity index (χ3n) is 2.88. The number of carbonyl (C=O) groups is 1. The number of benzene rings is 1. The molecule has 0 saturated heterocycles. The highest BCUT2D eigenvalue weighted by Crippen LogP contribution is 2.40. The Morgan fingerprint density at radius 3 is 2.39 bits per heavy atom. The van der Waals surface area contributed by atoms with Crippen molar-refractivity contribution in [1.29, 1.82) is 0 Å². The lowest BCUT2D eigenvalue weighted by atomic mass is 9.94. The zero-order valence-corrected chi connectivity index (χ0v) is 10.0. The zero-order valence-electron chi connectivity index (χ0n) is 10.0. The molecule has 1 aliphatic heterocycles. The molecule has 0 aromatic heterocycles. The highest BCUT2D eigenvalue weighted by Gasteiger charge is 2.54. The minimum atomic E-state index is -1.05. The van der Waals surface area contributed by atoms with Crippen molar-refractivity contribution in [2.75, 3.05) is 6.61 Å². The van der Waals surface area contributed by atoms with E-state index >= 15 is 0 Å². The molecule has 0 spiro atoms. The van der Waals surface area contributed by atoms with E-state index < -0.39 is 16.4 Å². The van der Waals surface area contributed by atoms with Crippen LogP contribution in [-0.2, 0) is 15.1 Å². The molecule has 18 heavy (non-hydrogen) atoms. The van der Waals surface area contributed by atoms with Crippen LogP contribution >= 0.6 is 0 Å². The fourth-order valence-corrected chi connectivity index (χ4v) is 1.87. The maximum absolute atomic E-state index is 11.9. The molecule has 6 heteroatoms. The summed E-state index contributed by atoms with van der Waals surface area (Å²) < 4.78 is 4.98. The summed E-state index contributed by atoms with van der Waals surface area (Å²) >= 11 is 0. The second-order valence-corrected chi connectivity index (χ2v) is 3.93. The highest BCUT2D eigenvalue weighted by molar-refractivity contribution is 6.20. The van der Waals surface area contributed by atoms with E-state index in [1.54, 1.807) is 13.8 Å². The van der Waals surface area contributed by atoms with Crippen molar-refractivity contribution in [2.24, 2.45) is 4.99 Å². The summed E-state index contributed by atoms with van der Waals surface area (Å²) in [6.07, 6.45) is 0. The van der Waals surface area contributed by atoms with E-state index in [0.29, 0.717) is 11.3 Å². The Labute approximate surface area is 103 Å². The van der Waals surface area contributed by atoms with Crippen molar-refractivity contribution in [2.45, 2.75) is 19.4 Å². The van der Waals surface area contributed by atoms with Gasteiger partial charge in [-0.25, -0.2) is 4.79 Å². The molecule has 1 aromatic carbocycles. The molecule has 2 rings (SSSR count). The Bertz CT molecular complexity index is 536. The van der Waals surface area contributed by atoms with Crippen LogP contribution < -0.4 is 0 Å². The van der Waals surface area contributed by atoms with Crippen molar-refractivity contribution in [1.82, 2.24) is 0 Å². The number of nitro groups is 1. The fraction of sp³-hybridized carbons (Fsp3) is 0.333. The topological polar surface area (TPSA) is 81.8 Å². The summed E-state index contributed by atoms with van der Waals surface area (Å²) in [5.74, 6) is -0.434. The van der Waals surface area contributed by atoms with Crippen molar-refractivity contribution >= 4 is 17.4 Å². The van der Waals surface area contributed by atoms with E-state index in [-0.39, 0.29) is 12.3 Å². The van der Waals surface area contributed by atoms with Gasteiger partial charge in [0.15, 0.2) is 0 Å². The van der Waals surface area contributed by atoms with E-state index in [4.69, 9.17) is 4.74 Å². The van der Waals surface area contributed by atoms with Crippen LogP contribution in [0.15, 0.2) is 29.3 Å². The summed E-state index contributed by atoms with van der Waals surface area (Å²) in [4.78, 5) is 26.1. The first-order valence-electron chi connectivity index (χ1n) is 5.51. The van der Waals surface area contributed by atoms with Gasteiger partial charge in [0.2, 0.25) is 5.54 Å². The minimum Gasteiger partial charge on any atom is -0.464 e. The van der Waals surface area contributed by atoms with Crippen LogP contribution in [0.1, 0.15) is 19.4 Å². The summed E-state index contributed by atoms with van der Waals surface area (Å²) in [6, 6.07) is 5.79. The molecule has 0 amide bonds. The smallest absolute Gasteiger partial charge is 0.344 e. The third-order valence-corrected chi connectivity index (χ3v) is 2.88. The van der Waals surface area contributed by atoms with E-state index in [2.05, 4.69) is 4.99 Å². The van der Waals surface area contributed by atoms with Gasteiger partial charge in [-0.15, -0.1) is 0 Å². The average Bonchev–Trinajstić information content (AvgIpc) is 3.03. The molecule has 0 bridgehead atoms. The Hall–Kier alpha value is -2.24. The summed E-state index contributed by atoms with van der Waals surface area (Å²) in [5.41, 5.74) is 0.195. The maximum atomic E-state index is 11.9. The largest absolute Gasteiger partial charge is 0.464 e. The minimum absolute atomic E-state index is 0.0175. The predicted octanol–water partition coefficient (Wildman–Crippen LogP) is 1.83. The lowest BCUT2D eigenvalue weighted by molar-refractivity contribution is -0.384. The van der Waals surface area contributed by atoms with Gasteiger partial charge in [-0.3, -0.25) is 15.1 Å². The number of hydrogen-bond donors (Lipinski definition) is 0. The zero-order chi connectivity index (χ0) is 13.3. The van der Waals surface area contributed by atoms with E-state index in [0.717, 1.165) is 0 Å². The SMILES string of the molecule is CCOC(=O)C1(c2ccc([N+](=O)[O-])cc2)N=C1C. The summed E-state index contributed by atoms with van der Waals surface area (Å²) in [6.45, 7) is 3.73. The number of carbonyl (C=O) groups excluding carboxylic acids is 1. The molecule has 0 N–H and O–H groups in total. The Balaban J connectivity index is 2.29. The molecular weight excluding hydrogens is 236 g/mol. The number of esters is 1. The lowest BCUT2D eigenvalue weighted by Gasteiger charge is -2.13. The number of nitro benzene ring substituents is 1. The van der Waals surface area contributed by atoms with Gasteiger partial charge in [0, 0.05) is 12.1 Å². The molecule has 1 aliphatic rings. The van der Waals surface area contributed by atoms with Gasteiger partial charge in [0.25, 0.3) is 5.69 Å². The van der Waals surface area contributed by atoms with Crippen LogP contribution in [-0.4, -0.2) is 23.2 Å². The van der Waals surface area contributed by atoms with Crippen molar-refractivity contribution < 1.29 is 14.5 Å². The molecule has 0 aliphatic carbocycles. The van der Waals surface area contributed by atoms with Crippen molar-refractivity contribution in [3.63, 3.8) is 0 Å². The third kappa shape index (κ3) is 1.75. The van der Waals surface area contributed by atoms with Gasteiger partial charge in [0.1, 0.15) is 0 Å². The van der Waals surface area contributed by atoms with Gasteiger partial charge in [-0.1, -0.05) is 0 Å². The van der Waals surface area contributed by atoms with Gasteiger partial charge < -0.3 is 4.74 Å². The Morgan fingerprint density at radius 2 is 2.00 bits per heavy atom. The van der Waals surface area contributed by atoms with Gasteiger partial charge in [0.05, 0.1) is 17.2 Å². The summed E-state index contributed by atoms with van der Waals surface area (Å²) in [5, 5.41) is 10.6. The van der Waals surface area contributed by atoms with E-state index in [9.17, 15) is 14.9 Å². The van der Waals surface area contributed by atoms with Gasteiger partial charge in [-0.2, -0.15) is 0 Å². The molecule has 1 heterocycles. The molecule has 0 radical (unpaired) electrons. The summed E-state index contributed by atoms with van der Waals surface area (Å²) in [7, 11) is 0. The monoisotopic (exact) mass is 248 g/mol. The molecular formula is C12H12N2O4. The molecule has 0 saturated carbocycles. The normalized spacial score (nSPS) is 21.1. The second kappa shape index (κ2) is 4.21. The number of ether oxygens (including phenoxy) is 1. The highest BCUT2D eigenvalue weighted by atomic mass is 16.6. The quantitative estimate of drug-likeness (QED) is 0.462. The molecule has 1 aromatic rings. The molecule has 6 nitrogen and oxygen atoms in total. The van der Waals surface area contributed by atoms with Crippen LogP contribution in [0.3, 0.4) is 0 Å². The lowest BCUT2D eigenvalue weighted by Crippen LogP contribution is -2.29. The van der Waals surface area contributed by atoms with E-state index in [1.165, 1.54) is 24.3 Å². The Kier molecular flexibility index (Phi) is 2.86. The molecule has 94 valence electrons. The number of hydrogen-bond acceptors (Lipinski definition) is 5. The number of non-ortho nitro benzene ring substituents is 1. The standard InChI is InChI=1S/C12H12N2O4/c1-3-18-11(15)12(8(2)13-12)9-4-6-10(7-5-9)14(16)17/h4-7H,3H2,1-2H3. The number of rotatable bonds is 4. The molecule has 1 unspecified atom stereocenters. The van der Waals surface area contributed by atoms with Crippen molar-refractivity contribution in [3.05, 3.63) is 39.9 Å².